The first kappa shape index (κ1) is 22.8. The molecule has 1 unspecified atom stereocenters. The van der Waals surface area contributed by atoms with E-state index in [9.17, 15) is 27.2 Å². The van der Waals surface area contributed by atoms with Gasteiger partial charge in [0.05, 0.1) is 16.3 Å². The molecule has 0 saturated heterocycles. The van der Waals surface area contributed by atoms with Crippen LogP contribution < -0.4 is 10.9 Å². The number of rotatable bonds is 5. The van der Waals surface area contributed by atoms with Crippen molar-refractivity contribution in [3.05, 3.63) is 50.9 Å². The number of hydrogen-bond donors (Lipinski definition) is 1. The highest BCUT2D eigenvalue weighted by Gasteiger charge is 2.30. The van der Waals surface area contributed by atoms with Crippen molar-refractivity contribution in [2.24, 2.45) is 0 Å². The van der Waals surface area contributed by atoms with Gasteiger partial charge in [0.25, 0.3) is 5.56 Å². The van der Waals surface area contributed by atoms with Gasteiger partial charge in [0.15, 0.2) is 5.16 Å². The van der Waals surface area contributed by atoms with E-state index < -0.39 is 35.3 Å². The molecule has 2 heterocycles. The minimum absolute atomic E-state index is 0.0203. The van der Waals surface area contributed by atoms with Crippen molar-refractivity contribution >= 4 is 39.2 Å². The van der Waals surface area contributed by atoms with Crippen molar-refractivity contribution in [2.45, 2.75) is 49.2 Å². The fraction of sp³-hybridized carbons (Fsp3) is 0.381. The molecule has 32 heavy (non-hydrogen) atoms. The lowest BCUT2D eigenvalue weighted by atomic mass is 9.97. The van der Waals surface area contributed by atoms with Crippen molar-refractivity contribution in [1.82, 2.24) is 14.9 Å². The summed E-state index contributed by atoms with van der Waals surface area (Å²) in [5, 5.41) is 1.35. The summed E-state index contributed by atoms with van der Waals surface area (Å²) < 4.78 is 53.1. The van der Waals surface area contributed by atoms with Crippen LogP contribution in [0.15, 0.2) is 34.2 Å². The Bertz CT molecular complexity index is 1240. The Morgan fingerprint density at radius 1 is 1.28 bits per heavy atom. The molecule has 1 atom stereocenters. The van der Waals surface area contributed by atoms with Crippen LogP contribution in [0.5, 0.6) is 0 Å². The lowest BCUT2D eigenvalue weighted by Gasteiger charge is -2.17. The second-order valence-electron chi connectivity index (χ2n) is 7.47. The number of aryl methyl sites for hydroxylation is 2. The number of benzene rings is 1. The number of amides is 1. The van der Waals surface area contributed by atoms with E-state index in [4.69, 9.17) is 0 Å². The van der Waals surface area contributed by atoms with Crippen LogP contribution in [-0.2, 0) is 17.6 Å². The first-order chi connectivity index (χ1) is 15.2. The molecule has 11 heteroatoms. The highest BCUT2D eigenvalue weighted by molar-refractivity contribution is 8.00. The van der Waals surface area contributed by atoms with Gasteiger partial charge in [0, 0.05) is 4.88 Å². The van der Waals surface area contributed by atoms with Gasteiger partial charge < -0.3 is 5.32 Å². The summed E-state index contributed by atoms with van der Waals surface area (Å²) in [4.78, 5) is 31.9. The van der Waals surface area contributed by atoms with Gasteiger partial charge in [-0.25, -0.2) is 9.37 Å². The number of hydrogen-bond acceptors (Lipinski definition) is 5. The van der Waals surface area contributed by atoms with Gasteiger partial charge in [-0.05, 0) is 50.3 Å². The predicted molar refractivity (Wildman–Crippen MR) is 116 cm³/mol. The van der Waals surface area contributed by atoms with E-state index in [1.807, 2.05) is 5.32 Å². The number of carbonyl (C=O) groups excluding carboxylic acids is 1. The highest BCUT2D eigenvalue weighted by Crippen LogP contribution is 2.36. The average Bonchev–Trinajstić information content (AvgIpc) is 3.11. The molecular weight excluding hydrogens is 466 g/mol. The lowest BCUT2D eigenvalue weighted by Crippen LogP contribution is -2.38. The smallest absolute Gasteiger partial charge is 0.346 e. The van der Waals surface area contributed by atoms with Crippen LogP contribution in [-0.4, -0.2) is 33.4 Å². The molecule has 1 amide bonds. The summed E-state index contributed by atoms with van der Waals surface area (Å²) in [6, 6.07) is 5.71. The number of halogens is 4. The number of fused-ring (bicyclic) bond motifs is 3. The van der Waals surface area contributed by atoms with Crippen molar-refractivity contribution < 1.29 is 22.4 Å². The monoisotopic (exact) mass is 485 g/mol. The SMILES string of the molecule is CC(Sc1nc2sc3c(c2c(=O)n1-c1ccccc1F)CCCC3)C(=O)NCC(F)(F)F. The van der Waals surface area contributed by atoms with E-state index in [2.05, 4.69) is 4.98 Å². The maximum absolute atomic E-state index is 14.6. The third-order valence-corrected chi connectivity index (χ3v) is 7.40. The minimum atomic E-state index is -4.54. The molecule has 0 bridgehead atoms. The maximum Gasteiger partial charge on any atom is 0.405 e. The molecule has 1 aliphatic carbocycles. The molecule has 0 aliphatic heterocycles. The van der Waals surface area contributed by atoms with Crippen LogP contribution >= 0.6 is 23.1 Å². The molecule has 2 aromatic heterocycles. The average molecular weight is 486 g/mol. The van der Waals surface area contributed by atoms with Gasteiger partial charge in [0.2, 0.25) is 5.91 Å². The van der Waals surface area contributed by atoms with Gasteiger partial charge in [0.1, 0.15) is 17.2 Å². The zero-order valence-electron chi connectivity index (χ0n) is 17.0. The third-order valence-electron chi connectivity index (χ3n) is 5.17. The number of nitrogens with zero attached hydrogens (tertiary/aromatic N) is 2. The van der Waals surface area contributed by atoms with Crippen LogP contribution in [0.3, 0.4) is 0 Å². The van der Waals surface area contributed by atoms with E-state index in [0.29, 0.717) is 10.2 Å². The van der Waals surface area contributed by atoms with Gasteiger partial charge in [-0.2, -0.15) is 13.2 Å². The van der Waals surface area contributed by atoms with Gasteiger partial charge in [-0.3, -0.25) is 14.2 Å². The first-order valence-corrected chi connectivity index (χ1v) is 11.7. The van der Waals surface area contributed by atoms with E-state index in [1.54, 1.807) is 6.07 Å². The summed E-state index contributed by atoms with van der Waals surface area (Å²) in [7, 11) is 0. The fourth-order valence-electron chi connectivity index (χ4n) is 3.65. The lowest BCUT2D eigenvalue weighted by molar-refractivity contribution is -0.137. The number of para-hydroxylation sites is 1. The van der Waals surface area contributed by atoms with Crippen molar-refractivity contribution in [3.63, 3.8) is 0 Å². The van der Waals surface area contributed by atoms with Crippen LogP contribution in [0.4, 0.5) is 17.6 Å². The predicted octanol–water partition coefficient (Wildman–Crippen LogP) is 4.62. The zero-order valence-corrected chi connectivity index (χ0v) is 18.6. The molecule has 0 fully saturated rings. The second kappa shape index (κ2) is 8.86. The molecule has 1 aromatic carbocycles. The van der Waals surface area contributed by atoms with Crippen molar-refractivity contribution in [2.75, 3.05) is 6.54 Å². The standard InChI is InChI=1S/C21H19F4N3O2S2/c1-11(17(29)26-10-21(23,24)25)31-20-27-18-16(12-6-2-5-9-15(12)32-18)19(30)28(20)14-8-4-3-7-13(14)22/h3-4,7-8,11H,2,5-6,9-10H2,1H3,(H,26,29). The van der Waals surface area contributed by atoms with Crippen molar-refractivity contribution in [3.8, 4) is 5.69 Å². The fourth-order valence-corrected chi connectivity index (χ4v) is 5.90. The molecule has 0 saturated carbocycles. The van der Waals surface area contributed by atoms with Gasteiger partial charge in [-0.15, -0.1) is 11.3 Å². The molecule has 0 spiro atoms. The van der Waals surface area contributed by atoms with Crippen LogP contribution in [0.2, 0.25) is 0 Å². The Morgan fingerprint density at radius 2 is 2.00 bits per heavy atom. The molecule has 1 N–H and O–H groups in total. The Kier molecular flexibility index (Phi) is 6.30. The molecular formula is C21H19F4N3O2S2. The van der Waals surface area contributed by atoms with Crippen LogP contribution in [0.1, 0.15) is 30.2 Å². The third kappa shape index (κ3) is 4.54. The van der Waals surface area contributed by atoms with Crippen LogP contribution in [0.25, 0.3) is 15.9 Å². The quantitative estimate of drug-likeness (QED) is 0.325. The highest BCUT2D eigenvalue weighted by atomic mass is 32.2. The van der Waals surface area contributed by atoms with E-state index in [1.165, 1.54) is 36.5 Å². The summed E-state index contributed by atoms with van der Waals surface area (Å²) in [6.07, 6.45) is -0.993. The summed E-state index contributed by atoms with van der Waals surface area (Å²) >= 11 is 2.22. The van der Waals surface area contributed by atoms with E-state index in [0.717, 1.165) is 52.5 Å². The maximum atomic E-state index is 14.6. The molecule has 5 nitrogen and oxygen atoms in total. The molecule has 3 aromatic rings. The number of alkyl halides is 3. The first-order valence-electron chi connectivity index (χ1n) is 9.99. The Balaban J connectivity index is 1.80. The zero-order chi connectivity index (χ0) is 23.0. The Labute approximate surface area is 188 Å². The van der Waals surface area contributed by atoms with E-state index in [-0.39, 0.29) is 10.8 Å². The molecule has 170 valence electrons. The van der Waals surface area contributed by atoms with E-state index >= 15 is 0 Å². The van der Waals surface area contributed by atoms with Gasteiger partial charge >= 0.3 is 6.18 Å². The normalized spacial score (nSPS) is 14.9. The topological polar surface area (TPSA) is 64.0 Å². The summed E-state index contributed by atoms with van der Waals surface area (Å²) in [5.74, 6) is -1.50. The van der Waals surface area contributed by atoms with Crippen LogP contribution in [0, 0.1) is 5.82 Å². The molecule has 0 radical (unpaired) electrons. The number of thiophene rings is 1. The summed E-state index contributed by atoms with van der Waals surface area (Å²) in [6.45, 7) is -0.0428. The van der Waals surface area contributed by atoms with Gasteiger partial charge in [-0.1, -0.05) is 23.9 Å². The summed E-state index contributed by atoms with van der Waals surface area (Å²) in [5.41, 5.74) is 0.476. The number of nitrogens with one attached hydrogen (secondary N) is 1. The number of aromatic nitrogens is 2. The number of carbonyl (C=O) groups is 1. The minimum Gasteiger partial charge on any atom is -0.346 e. The molecule has 4 rings (SSSR count). The Morgan fingerprint density at radius 3 is 2.72 bits per heavy atom. The second-order valence-corrected chi connectivity index (χ2v) is 9.86. The largest absolute Gasteiger partial charge is 0.405 e. The Hall–Kier alpha value is -2.40. The van der Waals surface area contributed by atoms with Crippen molar-refractivity contribution in [1.29, 1.82) is 0 Å². The number of thioether (sulfide) groups is 1. The molecule has 1 aliphatic rings.